The first-order valence-corrected chi connectivity index (χ1v) is 8.84. The molecule has 0 aliphatic carbocycles. The van der Waals surface area contributed by atoms with Crippen LogP contribution in [-0.4, -0.2) is 29.1 Å². The van der Waals surface area contributed by atoms with E-state index in [9.17, 15) is 9.90 Å². The van der Waals surface area contributed by atoms with Crippen LogP contribution in [0.3, 0.4) is 0 Å². The highest BCUT2D eigenvalue weighted by Gasteiger charge is 2.42. The molecule has 26 heavy (non-hydrogen) atoms. The van der Waals surface area contributed by atoms with Crippen molar-refractivity contribution in [3.63, 3.8) is 0 Å². The predicted octanol–water partition coefficient (Wildman–Crippen LogP) is 4.17. The Hall–Kier alpha value is -2.85. The zero-order valence-electron chi connectivity index (χ0n) is 14.4. The molecule has 3 atom stereocenters. The second kappa shape index (κ2) is 7.18. The zero-order valence-corrected chi connectivity index (χ0v) is 14.4. The van der Waals surface area contributed by atoms with Crippen molar-refractivity contribution in [2.24, 2.45) is 5.92 Å². The summed E-state index contributed by atoms with van der Waals surface area (Å²) in [5, 5.41) is 10.0. The molecule has 0 amide bonds. The fraction of sp³-hybridized carbons (Fsp3) is 0.227. The van der Waals surface area contributed by atoms with Crippen molar-refractivity contribution < 1.29 is 14.3 Å². The molecule has 0 saturated carbocycles. The number of carboxylic acid groups (broad SMARTS) is 1. The molecule has 3 aromatic rings. The lowest BCUT2D eigenvalue weighted by atomic mass is 9.80. The Labute approximate surface area is 152 Å². The van der Waals surface area contributed by atoms with Crippen molar-refractivity contribution in [1.29, 1.82) is 0 Å². The summed E-state index contributed by atoms with van der Waals surface area (Å²) in [6.07, 6.45) is 1.66. The zero-order chi connectivity index (χ0) is 17.9. The molecule has 4 heteroatoms. The first-order valence-electron chi connectivity index (χ1n) is 8.84. The van der Waals surface area contributed by atoms with Crippen molar-refractivity contribution in [1.82, 2.24) is 4.90 Å². The predicted molar refractivity (Wildman–Crippen MR) is 98.9 cm³/mol. The van der Waals surface area contributed by atoms with E-state index in [1.165, 1.54) is 0 Å². The number of carboxylic acids is 1. The highest BCUT2D eigenvalue weighted by molar-refractivity contribution is 5.73. The smallest absolute Gasteiger partial charge is 0.308 e. The number of hydrogen-bond donors (Lipinski definition) is 1. The molecule has 0 radical (unpaired) electrons. The summed E-state index contributed by atoms with van der Waals surface area (Å²) in [5.74, 6) is -0.578. The number of nitrogens with zero attached hydrogens (tertiary/aromatic N) is 1. The van der Waals surface area contributed by atoms with Crippen LogP contribution in [0, 0.1) is 5.92 Å². The fourth-order valence-corrected chi connectivity index (χ4v) is 3.68. The van der Waals surface area contributed by atoms with Crippen LogP contribution in [0.15, 0.2) is 83.5 Å². The van der Waals surface area contributed by atoms with Gasteiger partial charge in [0.1, 0.15) is 5.76 Å². The van der Waals surface area contributed by atoms with Gasteiger partial charge in [-0.1, -0.05) is 60.7 Å². The minimum atomic E-state index is -0.771. The number of aliphatic carboxylic acids is 1. The molecule has 2 aromatic carbocycles. The molecule has 1 N–H and O–H groups in total. The van der Waals surface area contributed by atoms with Crippen molar-refractivity contribution >= 4 is 5.97 Å². The lowest BCUT2D eigenvalue weighted by Crippen LogP contribution is -2.30. The molecule has 1 saturated heterocycles. The third-order valence-electron chi connectivity index (χ3n) is 5.05. The molecule has 1 aliphatic heterocycles. The first kappa shape index (κ1) is 16.6. The number of benzene rings is 2. The topological polar surface area (TPSA) is 53.4 Å². The maximum absolute atomic E-state index is 12.2. The molecular formula is C22H21NO3. The Morgan fingerprint density at radius 1 is 1.00 bits per heavy atom. The highest BCUT2D eigenvalue weighted by Crippen LogP contribution is 2.40. The van der Waals surface area contributed by atoms with Gasteiger partial charge in [0.2, 0.25) is 0 Å². The van der Waals surface area contributed by atoms with Crippen LogP contribution in [0.2, 0.25) is 0 Å². The Balaban J connectivity index is 1.62. The maximum Gasteiger partial charge on any atom is 0.308 e. The van der Waals surface area contributed by atoms with Crippen LogP contribution < -0.4 is 0 Å². The van der Waals surface area contributed by atoms with Gasteiger partial charge in [-0.25, -0.2) is 0 Å². The molecule has 0 bridgehead atoms. The van der Waals surface area contributed by atoms with Gasteiger partial charge in [-0.2, -0.15) is 0 Å². The molecule has 1 aromatic heterocycles. The normalized spacial score (nSPS) is 20.0. The summed E-state index contributed by atoms with van der Waals surface area (Å²) in [6.45, 7) is 1.34. The van der Waals surface area contributed by atoms with Gasteiger partial charge in [0, 0.05) is 19.0 Å². The van der Waals surface area contributed by atoms with Crippen molar-refractivity contribution in [2.45, 2.75) is 12.0 Å². The van der Waals surface area contributed by atoms with E-state index in [2.05, 4.69) is 4.90 Å². The molecule has 4 rings (SSSR count). The summed E-state index contributed by atoms with van der Waals surface area (Å²) in [6, 6.07) is 23.8. The Kier molecular flexibility index (Phi) is 4.59. The molecule has 1 aliphatic rings. The molecule has 2 unspecified atom stereocenters. The Bertz CT molecular complexity index is 806. The number of carbonyl (C=O) groups is 1. The van der Waals surface area contributed by atoms with Gasteiger partial charge >= 0.3 is 5.97 Å². The molecule has 4 nitrogen and oxygen atoms in total. The highest BCUT2D eigenvalue weighted by atomic mass is 16.4. The van der Waals surface area contributed by atoms with Gasteiger partial charge in [0.15, 0.2) is 0 Å². The van der Waals surface area contributed by atoms with Gasteiger partial charge in [-0.3, -0.25) is 9.69 Å². The second-order valence-electron chi connectivity index (χ2n) is 6.73. The summed E-state index contributed by atoms with van der Waals surface area (Å²) in [4.78, 5) is 14.4. The third-order valence-corrected chi connectivity index (χ3v) is 5.05. The fourth-order valence-electron chi connectivity index (χ4n) is 3.68. The van der Waals surface area contributed by atoms with Crippen LogP contribution >= 0.6 is 0 Å². The van der Waals surface area contributed by atoms with Crippen molar-refractivity contribution in [3.8, 4) is 0 Å². The van der Waals surface area contributed by atoms with Gasteiger partial charge in [0.05, 0.1) is 18.2 Å². The molecule has 0 spiro atoms. The van der Waals surface area contributed by atoms with E-state index in [4.69, 9.17) is 4.42 Å². The lowest BCUT2D eigenvalue weighted by Gasteiger charge is -2.25. The van der Waals surface area contributed by atoms with Crippen LogP contribution in [0.5, 0.6) is 0 Å². The Morgan fingerprint density at radius 2 is 1.62 bits per heavy atom. The molecule has 2 heterocycles. The molecule has 1 fully saturated rings. The van der Waals surface area contributed by atoms with E-state index in [0.29, 0.717) is 6.54 Å². The van der Waals surface area contributed by atoms with Crippen LogP contribution in [-0.2, 0) is 4.79 Å². The Morgan fingerprint density at radius 3 is 2.12 bits per heavy atom. The van der Waals surface area contributed by atoms with Crippen LogP contribution in [0.25, 0.3) is 0 Å². The van der Waals surface area contributed by atoms with E-state index in [1.54, 1.807) is 6.26 Å². The third kappa shape index (κ3) is 3.41. The minimum Gasteiger partial charge on any atom is -0.481 e. The van der Waals surface area contributed by atoms with Gasteiger partial charge < -0.3 is 9.52 Å². The number of rotatable bonds is 7. The first-order chi connectivity index (χ1) is 12.7. The largest absolute Gasteiger partial charge is 0.481 e. The molecule has 132 valence electrons. The SMILES string of the molecule is O=C(O)C(CN1C[C@@H]1c1ccco1)C(c1ccccc1)c1ccccc1. The molecular weight excluding hydrogens is 326 g/mol. The van der Waals surface area contributed by atoms with E-state index >= 15 is 0 Å². The number of hydrogen-bond acceptors (Lipinski definition) is 3. The monoisotopic (exact) mass is 347 g/mol. The minimum absolute atomic E-state index is 0.187. The average molecular weight is 347 g/mol. The van der Waals surface area contributed by atoms with Crippen LogP contribution in [0.1, 0.15) is 28.8 Å². The van der Waals surface area contributed by atoms with E-state index < -0.39 is 11.9 Å². The van der Waals surface area contributed by atoms with Crippen molar-refractivity contribution in [2.75, 3.05) is 13.1 Å². The summed E-state index contributed by atoms with van der Waals surface area (Å²) in [7, 11) is 0. The van der Waals surface area contributed by atoms with Gasteiger partial charge in [-0.05, 0) is 23.3 Å². The quantitative estimate of drug-likeness (QED) is 0.652. The summed E-state index contributed by atoms with van der Waals surface area (Å²) >= 11 is 0. The summed E-state index contributed by atoms with van der Waals surface area (Å²) in [5.41, 5.74) is 2.06. The van der Waals surface area contributed by atoms with E-state index in [1.807, 2.05) is 72.8 Å². The van der Waals surface area contributed by atoms with Gasteiger partial charge in [-0.15, -0.1) is 0 Å². The van der Waals surface area contributed by atoms with Crippen LogP contribution in [0.4, 0.5) is 0 Å². The maximum atomic E-state index is 12.2. The van der Waals surface area contributed by atoms with Crippen molar-refractivity contribution in [3.05, 3.63) is 95.9 Å². The second-order valence-corrected chi connectivity index (χ2v) is 6.73. The average Bonchev–Trinajstić information content (AvgIpc) is 3.22. The summed E-state index contributed by atoms with van der Waals surface area (Å²) < 4.78 is 5.47. The van der Waals surface area contributed by atoms with Gasteiger partial charge in [0.25, 0.3) is 0 Å². The number of furan rings is 1. The van der Waals surface area contributed by atoms with E-state index in [-0.39, 0.29) is 12.0 Å². The lowest BCUT2D eigenvalue weighted by molar-refractivity contribution is -0.142. The standard InChI is InChI=1S/C22H21NO3/c24-22(25)18(14-23-15-19(23)20-12-7-13-26-20)21(16-8-3-1-4-9-16)17-10-5-2-6-11-17/h1-13,18-19,21H,14-15H2,(H,24,25)/t18?,19-,23?/m1/s1. The van der Waals surface area contributed by atoms with E-state index in [0.717, 1.165) is 23.4 Å².